The molecule has 1 unspecified atom stereocenters. The lowest BCUT2D eigenvalue weighted by atomic mass is 10.1. The molecule has 15 heavy (non-hydrogen) atoms. The number of carboxylic acids is 1. The number of hydrogen-bond donors (Lipinski definition) is 3. The first kappa shape index (κ1) is 13.9. The highest BCUT2D eigenvalue weighted by molar-refractivity contribution is 5.82. The van der Waals surface area contributed by atoms with Crippen LogP contribution in [0, 0.1) is 0 Å². The molecule has 0 fully saturated rings. The van der Waals surface area contributed by atoms with Gasteiger partial charge in [0.2, 0.25) is 5.91 Å². The van der Waals surface area contributed by atoms with E-state index in [2.05, 4.69) is 0 Å². The largest absolute Gasteiger partial charge is 0.481 e. The van der Waals surface area contributed by atoms with Crippen LogP contribution in [-0.2, 0) is 9.59 Å². The first-order valence-corrected chi connectivity index (χ1v) is 4.90. The van der Waals surface area contributed by atoms with Gasteiger partial charge in [-0.3, -0.25) is 9.59 Å². The van der Waals surface area contributed by atoms with Crippen molar-refractivity contribution in [2.24, 2.45) is 5.73 Å². The molecule has 0 aromatic rings. The number of nitrogens with zero attached hydrogens (tertiary/aromatic N) is 1. The number of amides is 1. The van der Waals surface area contributed by atoms with Gasteiger partial charge in [-0.05, 0) is 13.3 Å². The number of aliphatic carboxylic acids is 1. The summed E-state index contributed by atoms with van der Waals surface area (Å²) in [6, 6.07) is -0.799. The Balaban J connectivity index is 4.09. The van der Waals surface area contributed by atoms with E-state index in [-0.39, 0.29) is 31.9 Å². The van der Waals surface area contributed by atoms with E-state index in [9.17, 15) is 9.59 Å². The fraction of sp³-hybridized carbons (Fsp3) is 0.778. The minimum absolute atomic E-state index is 0.120. The molecule has 0 spiro atoms. The van der Waals surface area contributed by atoms with Gasteiger partial charge in [-0.1, -0.05) is 0 Å². The van der Waals surface area contributed by atoms with Crippen molar-refractivity contribution in [3.8, 4) is 0 Å². The van der Waals surface area contributed by atoms with E-state index >= 15 is 0 Å². The average Bonchev–Trinajstić information content (AvgIpc) is 2.21. The summed E-state index contributed by atoms with van der Waals surface area (Å²) in [6.45, 7) is 2.35. The van der Waals surface area contributed by atoms with Crippen molar-refractivity contribution in [1.29, 1.82) is 0 Å². The minimum Gasteiger partial charge on any atom is -0.481 e. The Bertz CT molecular complexity index is 220. The Kier molecular flexibility index (Phi) is 6.64. The average molecular weight is 218 g/mol. The van der Waals surface area contributed by atoms with Crippen LogP contribution in [0.1, 0.15) is 19.8 Å². The predicted molar refractivity (Wildman–Crippen MR) is 54.2 cm³/mol. The summed E-state index contributed by atoms with van der Waals surface area (Å²) in [5.74, 6) is -1.28. The molecule has 0 rings (SSSR count). The van der Waals surface area contributed by atoms with Crippen molar-refractivity contribution in [3.05, 3.63) is 0 Å². The van der Waals surface area contributed by atoms with Gasteiger partial charge < -0.3 is 20.8 Å². The third kappa shape index (κ3) is 5.34. The summed E-state index contributed by atoms with van der Waals surface area (Å²) in [6.07, 6.45) is -0.000316. The van der Waals surface area contributed by atoms with E-state index in [1.807, 2.05) is 0 Å². The Hall–Kier alpha value is -1.14. The maximum Gasteiger partial charge on any atom is 0.303 e. The molecule has 0 aliphatic rings. The van der Waals surface area contributed by atoms with E-state index < -0.39 is 12.0 Å². The smallest absolute Gasteiger partial charge is 0.303 e. The molecule has 6 nitrogen and oxygen atoms in total. The number of nitrogens with two attached hydrogens (primary N) is 1. The van der Waals surface area contributed by atoms with Crippen LogP contribution in [0.4, 0.5) is 0 Å². The highest BCUT2D eigenvalue weighted by atomic mass is 16.4. The topological polar surface area (TPSA) is 104 Å². The molecule has 0 aromatic heterocycles. The molecule has 0 bridgehead atoms. The van der Waals surface area contributed by atoms with Gasteiger partial charge in [0.25, 0.3) is 0 Å². The molecule has 88 valence electrons. The molecular formula is C9H18N2O4. The molecule has 0 aliphatic carbocycles. The Labute approximate surface area is 88.7 Å². The first-order valence-electron chi connectivity index (χ1n) is 4.90. The van der Waals surface area contributed by atoms with Gasteiger partial charge in [-0.2, -0.15) is 0 Å². The molecule has 1 amide bonds. The van der Waals surface area contributed by atoms with E-state index in [1.165, 1.54) is 4.90 Å². The lowest BCUT2D eigenvalue weighted by Crippen LogP contribution is -2.45. The summed E-state index contributed by atoms with van der Waals surface area (Å²) in [7, 11) is 0. The summed E-state index contributed by atoms with van der Waals surface area (Å²) >= 11 is 0. The standard InChI is InChI=1S/C9H18N2O4/c1-2-11(5-6-12)9(15)7(10)3-4-8(13)14/h7,12H,2-6,10H2,1H3,(H,13,14). The summed E-state index contributed by atoms with van der Waals surface area (Å²) < 4.78 is 0. The maximum absolute atomic E-state index is 11.6. The van der Waals surface area contributed by atoms with E-state index in [0.717, 1.165) is 0 Å². The van der Waals surface area contributed by atoms with E-state index in [4.69, 9.17) is 15.9 Å². The number of hydrogen-bond acceptors (Lipinski definition) is 4. The number of aliphatic hydroxyl groups is 1. The van der Waals surface area contributed by atoms with Crippen LogP contribution in [0.5, 0.6) is 0 Å². The van der Waals surface area contributed by atoms with Crippen LogP contribution >= 0.6 is 0 Å². The normalized spacial score (nSPS) is 12.2. The lowest BCUT2D eigenvalue weighted by molar-refractivity contribution is -0.137. The molecular weight excluding hydrogens is 200 g/mol. The third-order valence-corrected chi connectivity index (χ3v) is 2.05. The Morgan fingerprint density at radius 1 is 1.47 bits per heavy atom. The maximum atomic E-state index is 11.6. The zero-order valence-electron chi connectivity index (χ0n) is 8.85. The molecule has 0 saturated heterocycles. The summed E-state index contributed by atoms with van der Waals surface area (Å²) in [5, 5.41) is 17.1. The van der Waals surface area contributed by atoms with Crippen molar-refractivity contribution < 1.29 is 19.8 Å². The van der Waals surface area contributed by atoms with Gasteiger partial charge in [0, 0.05) is 19.5 Å². The second kappa shape index (κ2) is 7.19. The van der Waals surface area contributed by atoms with Crippen molar-refractivity contribution >= 4 is 11.9 Å². The number of carboxylic acid groups (broad SMARTS) is 1. The zero-order valence-corrected chi connectivity index (χ0v) is 8.85. The van der Waals surface area contributed by atoms with Crippen LogP contribution in [0.3, 0.4) is 0 Å². The monoisotopic (exact) mass is 218 g/mol. The Morgan fingerprint density at radius 2 is 2.07 bits per heavy atom. The fourth-order valence-electron chi connectivity index (χ4n) is 1.18. The second-order valence-electron chi connectivity index (χ2n) is 3.18. The van der Waals surface area contributed by atoms with Crippen molar-refractivity contribution in [3.63, 3.8) is 0 Å². The van der Waals surface area contributed by atoms with Crippen molar-refractivity contribution in [1.82, 2.24) is 4.90 Å². The van der Waals surface area contributed by atoms with Crippen LogP contribution < -0.4 is 5.73 Å². The summed E-state index contributed by atoms with van der Waals surface area (Å²) in [4.78, 5) is 23.3. The molecule has 0 radical (unpaired) electrons. The van der Waals surface area contributed by atoms with Crippen LogP contribution in [0.2, 0.25) is 0 Å². The second-order valence-corrected chi connectivity index (χ2v) is 3.18. The SMILES string of the molecule is CCN(CCO)C(=O)C(N)CCC(=O)O. The van der Waals surface area contributed by atoms with Crippen LogP contribution in [-0.4, -0.2) is 52.7 Å². The van der Waals surface area contributed by atoms with Gasteiger partial charge >= 0.3 is 5.97 Å². The van der Waals surface area contributed by atoms with E-state index in [1.54, 1.807) is 6.92 Å². The van der Waals surface area contributed by atoms with Crippen molar-refractivity contribution in [2.75, 3.05) is 19.7 Å². The molecule has 6 heteroatoms. The van der Waals surface area contributed by atoms with Crippen molar-refractivity contribution in [2.45, 2.75) is 25.8 Å². The molecule has 4 N–H and O–H groups in total. The first-order chi connectivity index (χ1) is 7.02. The van der Waals surface area contributed by atoms with Crippen LogP contribution in [0.15, 0.2) is 0 Å². The van der Waals surface area contributed by atoms with Crippen LogP contribution in [0.25, 0.3) is 0 Å². The highest BCUT2D eigenvalue weighted by Crippen LogP contribution is 2.00. The third-order valence-electron chi connectivity index (χ3n) is 2.05. The van der Waals surface area contributed by atoms with Gasteiger partial charge in [0.15, 0.2) is 0 Å². The van der Waals surface area contributed by atoms with E-state index in [0.29, 0.717) is 6.54 Å². The van der Waals surface area contributed by atoms with Gasteiger partial charge in [0.05, 0.1) is 12.6 Å². The zero-order chi connectivity index (χ0) is 11.8. The molecule has 1 atom stereocenters. The minimum atomic E-state index is -0.969. The fourth-order valence-corrected chi connectivity index (χ4v) is 1.18. The lowest BCUT2D eigenvalue weighted by Gasteiger charge is -2.23. The molecule has 0 aromatic carbocycles. The number of rotatable bonds is 7. The van der Waals surface area contributed by atoms with Gasteiger partial charge in [0.1, 0.15) is 0 Å². The summed E-state index contributed by atoms with van der Waals surface area (Å²) in [5.41, 5.74) is 5.54. The van der Waals surface area contributed by atoms with Gasteiger partial charge in [-0.15, -0.1) is 0 Å². The number of carbonyl (C=O) groups excluding carboxylic acids is 1. The molecule has 0 heterocycles. The Morgan fingerprint density at radius 3 is 2.47 bits per heavy atom. The number of carbonyl (C=O) groups is 2. The number of likely N-dealkylation sites (N-methyl/N-ethyl adjacent to an activating group) is 1. The quantitative estimate of drug-likeness (QED) is 0.509. The number of aliphatic hydroxyl groups excluding tert-OH is 1. The predicted octanol–water partition coefficient (Wildman–Crippen LogP) is -0.981. The molecule has 0 saturated carbocycles. The van der Waals surface area contributed by atoms with Gasteiger partial charge in [-0.25, -0.2) is 0 Å². The highest BCUT2D eigenvalue weighted by Gasteiger charge is 2.19. The molecule has 0 aliphatic heterocycles.